The van der Waals surface area contributed by atoms with Crippen LogP contribution in [0.2, 0.25) is 0 Å². The molecule has 0 radical (unpaired) electrons. The number of carbonyl (C=O) groups excluding carboxylic acids is 2. The van der Waals surface area contributed by atoms with Gasteiger partial charge in [0.15, 0.2) is 18.1 Å². The van der Waals surface area contributed by atoms with Crippen molar-refractivity contribution in [2.75, 3.05) is 19.8 Å². The maximum Gasteiger partial charge on any atom is 0.266 e. The first-order chi connectivity index (χ1) is 11.5. The van der Waals surface area contributed by atoms with Crippen molar-refractivity contribution >= 4 is 46.2 Å². The quantitative estimate of drug-likeness (QED) is 0.588. The van der Waals surface area contributed by atoms with Gasteiger partial charge < -0.3 is 15.2 Å². The number of benzene rings is 1. The van der Waals surface area contributed by atoms with Crippen molar-refractivity contribution in [3.63, 3.8) is 0 Å². The first-order valence-electron chi connectivity index (χ1n) is 7.39. The summed E-state index contributed by atoms with van der Waals surface area (Å²) in [5.41, 5.74) is 5.87. The molecule has 8 heteroatoms. The number of carbonyl (C=O) groups is 2. The SMILES string of the molecule is CCOc1cc(C=C2SC(=S)N(CC)C2=O)ccc1OCC(N)=O. The third kappa shape index (κ3) is 4.27. The van der Waals surface area contributed by atoms with Gasteiger partial charge in [0.05, 0.1) is 11.5 Å². The Bertz CT molecular complexity index is 703. The predicted octanol–water partition coefficient (Wildman–Crippen LogP) is 2.17. The van der Waals surface area contributed by atoms with Gasteiger partial charge in [0.1, 0.15) is 4.32 Å². The lowest BCUT2D eigenvalue weighted by Crippen LogP contribution is -2.27. The number of nitrogens with two attached hydrogens (primary N) is 1. The van der Waals surface area contributed by atoms with E-state index in [2.05, 4.69) is 0 Å². The van der Waals surface area contributed by atoms with Gasteiger partial charge in [-0.05, 0) is 37.6 Å². The summed E-state index contributed by atoms with van der Waals surface area (Å²) in [6, 6.07) is 5.20. The highest BCUT2D eigenvalue weighted by Crippen LogP contribution is 2.34. The molecule has 2 N–H and O–H groups in total. The zero-order valence-corrected chi connectivity index (χ0v) is 15.0. The van der Waals surface area contributed by atoms with E-state index in [0.717, 1.165) is 5.56 Å². The molecule has 0 unspecified atom stereocenters. The summed E-state index contributed by atoms with van der Waals surface area (Å²) in [6.45, 7) is 4.48. The van der Waals surface area contributed by atoms with Crippen molar-refractivity contribution in [2.45, 2.75) is 13.8 Å². The van der Waals surface area contributed by atoms with E-state index in [0.29, 0.717) is 33.9 Å². The Morgan fingerprint density at radius 2 is 2.08 bits per heavy atom. The van der Waals surface area contributed by atoms with Crippen LogP contribution in [0, 0.1) is 0 Å². The summed E-state index contributed by atoms with van der Waals surface area (Å²) in [5, 5.41) is 0. The van der Waals surface area contributed by atoms with Gasteiger partial charge in [-0.25, -0.2) is 0 Å². The zero-order valence-electron chi connectivity index (χ0n) is 13.4. The molecule has 1 aromatic carbocycles. The summed E-state index contributed by atoms with van der Waals surface area (Å²) < 4.78 is 11.4. The van der Waals surface area contributed by atoms with E-state index in [4.69, 9.17) is 27.4 Å². The van der Waals surface area contributed by atoms with Gasteiger partial charge in [0.25, 0.3) is 11.8 Å². The van der Waals surface area contributed by atoms with Crippen LogP contribution in [-0.2, 0) is 9.59 Å². The van der Waals surface area contributed by atoms with Gasteiger partial charge in [0, 0.05) is 6.54 Å². The highest BCUT2D eigenvalue weighted by Gasteiger charge is 2.30. The van der Waals surface area contributed by atoms with Crippen molar-refractivity contribution < 1.29 is 19.1 Å². The van der Waals surface area contributed by atoms with Gasteiger partial charge in [0.2, 0.25) is 0 Å². The lowest BCUT2D eigenvalue weighted by molar-refractivity contribution is -0.122. The number of amides is 2. The van der Waals surface area contributed by atoms with Crippen molar-refractivity contribution in [3.05, 3.63) is 28.7 Å². The Morgan fingerprint density at radius 3 is 2.67 bits per heavy atom. The van der Waals surface area contributed by atoms with E-state index in [1.165, 1.54) is 11.8 Å². The molecule has 0 bridgehead atoms. The molecule has 1 saturated heterocycles. The highest BCUT2D eigenvalue weighted by atomic mass is 32.2. The minimum atomic E-state index is -0.565. The van der Waals surface area contributed by atoms with E-state index in [9.17, 15) is 9.59 Å². The average Bonchev–Trinajstić information content (AvgIpc) is 2.80. The van der Waals surface area contributed by atoms with Crippen LogP contribution in [0.1, 0.15) is 19.4 Å². The molecule has 0 aliphatic carbocycles. The molecule has 1 aromatic rings. The minimum absolute atomic E-state index is 0.0977. The normalized spacial score (nSPS) is 15.9. The minimum Gasteiger partial charge on any atom is -0.490 e. The Labute approximate surface area is 150 Å². The second-order valence-electron chi connectivity index (χ2n) is 4.82. The molecule has 0 aromatic heterocycles. The molecule has 0 spiro atoms. The van der Waals surface area contributed by atoms with Crippen molar-refractivity contribution in [3.8, 4) is 11.5 Å². The van der Waals surface area contributed by atoms with Crippen molar-refractivity contribution in [1.29, 1.82) is 0 Å². The third-order valence-corrected chi connectivity index (χ3v) is 4.50. The fraction of sp³-hybridized carbons (Fsp3) is 0.312. The maximum atomic E-state index is 12.2. The Morgan fingerprint density at radius 1 is 1.33 bits per heavy atom. The molecular weight excluding hydrogens is 348 g/mol. The molecular formula is C16H18N2O4S2. The largest absolute Gasteiger partial charge is 0.490 e. The number of likely N-dealkylation sites (N-methyl/N-ethyl adjacent to an activating group) is 1. The number of rotatable bonds is 7. The fourth-order valence-electron chi connectivity index (χ4n) is 2.07. The summed E-state index contributed by atoms with van der Waals surface area (Å²) in [7, 11) is 0. The zero-order chi connectivity index (χ0) is 17.7. The van der Waals surface area contributed by atoms with Gasteiger partial charge in [-0.2, -0.15) is 0 Å². The number of thioether (sulfide) groups is 1. The van der Waals surface area contributed by atoms with Gasteiger partial charge >= 0.3 is 0 Å². The fourth-order valence-corrected chi connectivity index (χ4v) is 3.46. The topological polar surface area (TPSA) is 81.9 Å². The lowest BCUT2D eigenvalue weighted by atomic mass is 10.2. The highest BCUT2D eigenvalue weighted by molar-refractivity contribution is 8.26. The molecule has 2 amide bonds. The Hall–Kier alpha value is -2.06. The van der Waals surface area contributed by atoms with Crippen LogP contribution >= 0.6 is 24.0 Å². The van der Waals surface area contributed by atoms with Crippen LogP contribution < -0.4 is 15.2 Å². The van der Waals surface area contributed by atoms with Crippen molar-refractivity contribution in [1.82, 2.24) is 4.90 Å². The van der Waals surface area contributed by atoms with Crippen LogP contribution in [-0.4, -0.2) is 40.8 Å². The first kappa shape index (κ1) is 18.3. The van der Waals surface area contributed by atoms with E-state index in [1.54, 1.807) is 29.2 Å². The number of primary amides is 1. The summed E-state index contributed by atoms with van der Waals surface area (Å²) >= 11 is 6.47. The van der Waals surface area contributed by atoms with Gasteiger partial charge in [-0.3, -0.25) is 14.5 Å². The first-order valence-corrected chi connectivity index (χ1v) is 8.62. The van der Waals surface area contributed by atoms with E-state index in [1.807, 2.05) is 13.8 Å². The molecule has 6 nitrogen and oxygen atoms in total. The molecule has 24 heavy (non-hydrogen) atoms. The predicted molar refractivity (Wildman–Crippen MR) is 97.9 cm³/mol. The van der Waals surface area contributed by atoms with E-state index in [-0.39, 0.29) is 12.5 Å². The average molecular weight is 366 g/mol. The van der Waals surface area contributed by atoms with Crippen LogP contribution in [0.5, 0.6) is 11.5 Å². The van der Waals surface area contributed by atoms with Crippen molar-refractivity contribution in [2.24, 2.45) is 5.73 Å². The maximum absolute atomic E-state index is 12.2. The number of hydrogen-bond acceptors (Lipinski definition) is 6. The van der Waals surface area contributed by atoms with Crippen LogP contribution in [0.4, 0.5) is 0 Å². The van der Waals surface area contributed by atoms with E-state index < -0.39 is 5.91 Å². The monoisotopic (exact) mass is 366 g/mol. The number of nitrogens with zero attached hydrogens (tertiary/aromatic N) is 1. The standard InChI is InChI=1S/C16H18N2O4S2/c1-3-18-15(20)13(24-16(18)23)8-10-5-6-11(22-9-14(17)19)12(7-10)21-4-2/h5-8H,3-4,9H2,1-2H3,(H2,17,19). The second kappa shape index (κ2) is 8.16. The summed E-state index contributed by atoms with van der Waals surface area (Å²) in [4.78, 5) is 25.2. The van der Waals surface area contributed by atoms with Crippen LogP contribution in [0.3, 0.4) is 0 Å². The molecule has 0 atom stereocenters. The molecule has 2 rings (SSSR count). The lowest BCUT2D eigenvalue weighted by Gasteiger charge is -2.12. The summed E-state index contributed by atoms with van der Waals surface area (Å²) in [6.07, 6.45) is 1.76. The Kier molecular flexibility index (Phi) is 6.22. The number of thiocarbonyl (C=S) groups is 1. The molecule has 1 heterocycles. The molecule has 128 valence electrons. The molecule has 1 aliphatic heterocycles. The van der Waals surface area contributed by atoms with E-state index >= 15 is 0 Å². The van der Waals surface area contributed by atoms with Crippen LogP contribution in [0.25, 0.3) is 6.08 Å². The second-order valence-corrected chi connectivity index (χ2v) is 6.50. The molecule has 1 fully saturated rings. The Balaban J connectivity index is 2.26. The smallest absolute Gasteiger partial charge is 0.266 e. The molecule has 0 saturated carbocycles. The van der Waals surface area contributed by atoms with Crippen LogP contribution in [0.15, 0.2) is 23.1 Å². The number of ether oxygens (including phenoxy) is 2. The third-order valence-electron chi connectivity index (χ3n) is 3.13. The number of hydrogen-bond donors (Lipinski definition) is 1. The van der Waals surface area contributed by atoms with Gasteiger partial charge in [-0.1, -0.05) is 30.0 Å². The van der Waals surface area contributed by atoms with Gasteiger partial charge in [-0.15, -0.1) is 0 Å². The summed E-state index contributed by atoms with van der Waals surface area (Å²) in [5.74, 6) is 0.247. The molecule has 1 aliphatic rings.